The molecule has 138 valence electrons. The average molecular weight is 377 g/mol. The van der Waals surface area contributed by atoms with Crippen LogP contribution in [0.3, 0.4) is 0 Å². The first-order valence-electron chi connectivity index (χ1n) is 8.36. The summed E-state index contributed by atoms with van der Waals surface area (Å²) in [6.45, 7) is 1.49. The first-order valence-corrected chi connectivity index (χ1v) is 10.2. The quantitative estimate of drug-likeness (QED) is 0.724. The van der Waals surface area contributed by atoms with Gasteiger partial charge in [-0.05, 0) is 12.1 Å². The second-order valence-corrected chi connectivity index (χ2v) is 8.83. The summed E-state index contributed by atoms with van der Waals surface area (Å²) in [5.74, 6) is -0.387. The maximum atomic E-state index is 12.7. The van der Waals surface area contributed by atoms with E-state index in [1.807, 2.05) is 18.2 Å². The average Bonchev–Trinajstić information content (AvgIpc) is 3.18. The number of pyridine rings is 1. The number of hydrogen-bond acceptors (Lipinski definition) is 6. The van der Waals surface area contributed by atoms with Crippen molar-refractivity contribution < 1.29 is 13.2 Å². The van der Waals surface area contributed by atoms with Crippen molar-refractivity contribution in [3.8, 4) is 0 Å². The van der Waals surface area contributed by atoms with E-state index in [-0.39, 0.29) is 29.1 Å². The van der Waals surface area contributed by atoms with Crippen LogP contribution in [0.2, 0.25) is 0 Å². The summed E-state index contributed by atoms with van der Waals surface area (Å²) in [5.41, 5.74) is 0.624. The molecule has 0 bridgehead atoms. The Hall–Kier alpha value is -2.46. The summed E-state index contributed by atoms with van der Waals surface area (Å²) in [7, 11) is -3.23. The van der Waals surface area contributed by atoms with E-state index < -0.39 is 21.4 Å². The Balaban J connectivity index is 1.59. The molecular formula is C16H19N5O4S. The van der Waals surface area contributed by atoms with Gasteiger partial charge in [0.15, 0.2) is 9.84 Å². The molecule has 0 aliphatic carbocycles. The third-order valence-electron chi connectivity index (χ3n) is 4.97. The van der Waals surface area contributed by atoms with Gasteiger partial charge in [0.2, 0.25) is 0 Å². The number of nitrogens with one attached hydrogen (secondary N) is 2. The van der Waals surface area contributed by atoms with Gasteiger partial charge in [-0.25, -0.2) is 8.42 Å². The number of carbonyl (C=O) groups excluding carboxylic acids is 1. The zero-order chi connectivity index (χ0) is 18.3. The van der Waals surface area contributed by atoms with E-state index in [0.29, 0.717) is 19.6 Å². The molecule has 2 fully saturated rings. The van der Waals surface area contributed by atoms with Crippen LogP contribution in [0.1, 0.15) is 16.2 Å². The number of amides is 1. The Bertz CT molecular complexity index is 968. The first-order chi connectivity index (χ1) is 12.4. The van der Waals surface area contributed by atoms with Gasteiger partial charge in [-0.2, -0.15) is 0 Å². The van der Waals surface area contributed by atoms with E-state index in [0.717, 1.165) is 5.69 Å². The molecule has 2 saturated heterocycles. The predicted molar refractivity (Wildman–Crippen MR) is 93.3 cm³/mol. The van der Waals surface area contributed by atoms with E-state index in [2.05, 4.69) is 20.1 Å². The number of nitrogens with zero attached hydrogens (tertiary/aromatic N) is 3. The largest absolute Gasteiger partial charge is 0.330 e. The number of piperazine rings is 1. The number of rotatable bonds is 3. The number of aromatic amines is 2. The van der Waals surface area contributed by atoms with Crippen molar-refractivity contribution in [3.05, 3.63) is 52.2 Å². The monoisotopic (exact) mass is 377 g/mol. The predicted octanol–water partition coefficient (Wildman–Crippen LogP) is -0.778. The van der Waals surface area contributed by atoms with Crippen LogP contribution in [0.4, 0.5) is 0 Å². The molecule has 2 aliphatic heterocycles. The Labute approximate surface area is 149 Å². The van der Waals surface area contributed by atoms with Gasteiger partial charge in [-0.1, -0.05) is 6.07 Å². The molecule has 2 aromatic rings. The van der Waals surface area contributed by atoms with Crippen LogP contribution in [0.25, 0.3) is 0 Å². The number of sulfone groups is 1. The van der Waals surface area contributed by atoms with Crippen LogP contribution < -0.4 is 5.56 Å². The summed E-state index contributed by atoms with van der Waals surface area (Å²) in [5, 5.41) is 4.89. The fourth-order valence-electron chi connectivity index (χ4n) is 3.78. The van der Waals surface area contributed by atoms with Crippen molar-refractivity contribution in [1.82, 2.24) is 25.0 Å². The van der Waals surface area contributed by atoms with E-state index in [4.69, 9.17) is 0 Å². The molecule has 2 atom stereocenters. The smallest absolute Gasteiger partial charge is 0.272 e. The lowest BCUT2D eigenvalue weighted by Gasteiger charge is -2.43. The SMILES string of the molecule is O=C(c1cc(=O)[nH][nH]1)N1CCN(Cc2ccccn2)[C@@H]2CS(=O)(=O)C[C@@H]21. The number of H-pyrrole nitrogens is 2. The van der Waals surface area contributed by atoms with Gasteiger partial charge in [-0.15, -0.1) is 0 Å². The minimum atomic E-state index is -3.23. The molecule has 0 radical (unpaired) electrons. The molecule has 0 saturated carbocycles. The molecular weight excluding hydrogens is 358 g/mol. The maximum Gasteiger partial charge on any atom is 0.272 e. The van der Waals surface area contributed by atoms with Crippen molar-refractivity contribution in [2.24, 2.45) is 0 Å². The maximum absolute atomic E-state index is 12.7. The minimum Gasteiger partial charge on any atom is -0.330 e. The molecule has 0 unspecified atom stereocenters. The van der Waals surface area contributed by atoms with Crippen LogP contribution in [-0.2, 0) is 16.4 Å². The number of carbonyl (C=O) groups is 1. The van der Waals surface area contributed by atoms with E-state index in [9.17, 15) is 18.0 Å². The Morgan fingerprint density at radius 1 is 1.19 bits per heavy atom. The summed E-state index contributed by atoms with van der Waals surface area (Å²) in [6, 6.07) is 6.13. The lowest BCUT2D eigenvalue weighted by Crippen LogP contribution is -2.60. The Morgan fingerprint density at radius 3 is 2.69 bits per heavy atom. The molecule has 4 rings (SSSR count). The van der Waals surface area contributed by atoms with Gasteiger partial charge >= 0.3 is 0 Å². The lowest BCUT2D eigenvalue weighted by molar-refractivity contribution is 0.0298. The molecule has 2 N–H and O–H groups in total. The number of aromatic nitrogens is 3. The summed E-state index contributed by atoms with van der Waals surface area (Å²) in [4.78, 5) is 32.0. The Morgan fingerprint density at radius 2 is 2.00 bits per heavy atom. The second kappa shape index (κ2) is 6.36. The lowest BCUT2D eigenvalue weighted by atomic mass is 10.0. The van der Waals surface area contributed by atoms with Crippen LogP contribution in [0, 0.1) is 0 Å². The van der Waals surface area contributed by atoms with Crippen LogP contribution in [0.15, 0.2) is 35.3 Å². The summed E-state index contributed by atoms with van der Waals surface area (Å²) in [6.07, 6.45) is 1.71. The highest BCUT2D eigenvalue weighted by Gasteiger charge is 2.48. The van der Waals surface area contributed by atoms with Gasteiger partial charge in [0.1, 0.15) is 5.69 Å². The van der Waals surface area contributed by atoms with E-state index in [1.54, 1.807) is 11.1 Å². The molecule has 10 heteroatoms. The second-order valence-electron chi connectivity index (χ2n) is 6.67. The van der Waals surface area contributed by atoms with E-state index >= 15 is 0 Å². The molecule has 1 amide bonds. The topological polar surface area (TPSA) is 119 Å². The van der Waals surface area contributed by atoms with Crippen LogP contribution in [-0.4, -0.2) is 76.0 Å². The van der Waals surface area contributed by atoms with Crippen molar-refractivity contribution in [2.75, 3.05) is 24.6 Å². The van der Waals surface area contributed by atoms with Crippen LogP contribution in [0.5, 0.6) is 0 Å². The normalized spacial score (nSPS) is 25.2. The van der Waals surface area contributed by atoms with Gasteiger partial charge in [0.05, 0.1) is 23.2 Å². The molecule has 26 heavy (non-hydrogen) atoms. The third-order valence-corrected chi connectivity index (χ3v) is 6.67. The highest BCUT2D eigenvalue weighted by molar-refractivity contribution is 7.91. The number of hydrogen-bond donors (Lipinski definition) is 2. The van der Waals surface area contributed by atoms with Crippen molar-refractivity contribution in [1.29, 1.82) is 0 Å². The highest BCUT2D eigenvalue weighted by atomic mass is 32.2. The standard InChI is InChI=1S/C16H19N5O4S/c22-15-7-12(18-19-15)16(23)21-6-5-20(8-11-3-1-2-4-17-11)13-9-26(24,25)10-14(13)21/h1-4,7,13-14H,5-6,8-10H2,(H2,18,19,22)/t13-,14+/m1/s1. The zero-order valence-corrected chi connectivity index (χ0v) is 14.8. The number of fused-ring (bicyclic) bond motifs is 1. The van der Waals surface area contributed by atoms with Crippen molar-refractivity contribution in [2.45, 2.75) is 18.6 Å². The molecule has 2 aromatic heterocycles. The highest BCUT2D eigenvalue weighted by Crippen LogP contribution is 2.28. The molecule has 2 aliphatic rings. The molecule has 4 heterocycles. The Kier molecular flexibility index (Phi) is 4.16. The molecule has 0 aromatic carbocycles. The van der Waals surface area contributed by atoms with Crippen molar-refractivity contribution >= 4 is 15.7 Å². The van der Waals surface area contributed by atoms with Crippen molar-refractivity contribution in [3.63, 3.8) is 0 Å². The fraction of sp³-hybridized carbons (Fsp3) is 0.438. The van der Waals surface area contributed by atoms with Gasteiger partial charge in [0.25, 0.3) is 11.5 Å². The third kappa shape index (κ3) is 3.17. The van der Waals surface area contributed by atoms with Crippen LogP contribution >= 0.6 is 0 Å². The molecule has 0 spiro atoms. The molecule has 9 nitrogen and oxygen atoms in total. The van der Waals surface area contributed by atoms with Gasteiger partial charge in [-0.3, -0.25) is 29.7 Å². The minimum absolute atomic E-state index is 0.0257. The first kappa shape index (κ1) is 17.0. The fourth-order valence-corrected chi connectivity index (χ4v) is 5.79. The van der Waals surface area contributed by atoms with Gasteiger partial charge in [0, 0.05) is 37.9 Å². The summed E-state index contributed by atoms with van der Waals surface area (Å²) < 4.78 is 24.5. The van der Waals surface area contributed by atoms with Gasteiger partial charge < -0.3 is 4.90 Å². The van der Waals surface area contributed by atoms with E-state index in [1.165, 1.54) is 6.07 Å². The summed E-state index contributed by atoms with van der Waals surface area (Å²) >= 11 is 0. The zero-order valence-electron chi connectivity index (χ0n) is 14.0.